The van der Waals surface area contributed by atoms with E-state index in [9.17, 15) is 19.4 Å². The Labute approximate surface area is 189 Å². The highest BCUT2D eigenvalue weighted by molar-refractivity contribution is 7.47. The number of quaternary nitrogens is 1. The molecular formula is C21H36NO9P. The summed E-state index contributed by atoms with van der Waals surface area (Å²) in [6.45, 7) is 2.80. The van der Waals surface area contributed by atoms with Gasteiger partial charge in [0.1, 0.15) is 17.6 Å². The van der Waals surface area contributed by atoms with Crippen molar-refractivity contribution in [1.82, 2.24) is 0 Å². The van der Waals surface area contributed by atoms with E-state index in [1.165, 1.54) is 0 Å². The van der Waals surface area contributed by atoms with Crippen LogP contribution in [0, 0.1) is 0 Å². The van der Waals surface area contributed by atoms with Crippen molar-refractivity contribution in [3.63, 3.8) is 0 Å². The molecule has 0 aliphatic rings. The van der Waals surface area contributed by atoms with Crippen molar-refractivity contribution in [2.24, 2.45) is 0 Å². The van der Waals surface area contributed by atoms with Gasteiger partial charge in [0, 0.05) is 18.7 Å². The lowest BCUT2D eigenvalue weighted by atomic mass is 10.2. The Kier molecular flexibility index (Phi) is 12.2. The van der Waals surface area contributed by atoms with E-state index in [4.69, 9.17) is 23.6 Å². The quantitative estimate of drug-likeness (QED) is 0.150. The van der Waals surface area contributed by atoms with Crippen LogP contribution >= 0.6 is 7.82 Å². The molecule has 1 rings (SSSR count). The molecule has 1 aromatic rings. The van der Waals surface area contributed by atoms with E-state index in [1.54, 1.807) is 33.3 Å². The van der Waals surface area contributed by atoms with Crippen LogP contribution in [0.3, 0.4) is 0 Å². The molecule has 0 saturated heterocycles. The van der Waals surface area contributed by atoms with E-state index in [2.05, 4.69) is 6.92 Å². The van der Waals surface area contributed by atoms with Crippen molar-refractivity contribution in [3.8, 4) is 11.5 Å². The van der Waals surface area contributed by atoms with Gasteiger partial charge in [-0.3, -0.25) is 13.8 Å². The number of nitrogens with zero attached hydrogens (tertiary/aromatic N) is 1. The van der Waals surface area contributed by atoms with Gasteiger partial charge in [0.05, 0.1) is 47.4 Å². The highest BCUT2D eigenvalue weighted by Gasteiger charge is 2.34. The third-order valence-corrected chi connectivity index (χ3v) is 5.41. The van der Waals surface area contributed by atoms with Crippen molar-refractivity contribution in [2.75, 3.05) is 41.0 Å². The second-order valence-corrected chi connectivity index (χ2v) is 9.69. The number of carboxylic acids is 1. The molecule has 0 amide bonds. The second kappa shape index (κ2) is 13.8. The van der Waals surface area contributed by atoms with Gasteiger partial charge in [-0.15, -0.1) is 0 Å². The highest BCUT2D eigenvalue weighted by Crippen LogP contribution is 2.45. The third-order valence-electron chi connectivity index (χ3n) is 4.36. The number of rotatable bonds is 17. The summed E-state index contributed by atoms with van der Waals surface area (Å²) in [5.74, 6) is -0.00800. The van der Waals surface area contributed by atoms with Crippen molar-refractivity contribution >= 4 is 13.8 Å². The lowest BCUT2D eigenvalue weighted by molar-refractivity contribution is -0.973. The van der Waals surface area contributed by atoms with Crippen LogP contribution in [0.2, 0.25) is 0 Å². The Morgan fingerprint density at radius 3 is 2.22 bits per heavy atom. The van der Waals surface area contributed by atoms with Gasteiger partial charge in [-0.2, -0.15) is 0 Å². The smallest absolute Gasteiger partial charge is 0.472 e. The number of likely N-dealkylation sites (N-methyl/N-ethyl adjacent to an activating group) is 1. The van der Waals surface area contributed by atoms with Crippen LogP contribution in [0.15, 0.2) is 24.3 Å². The minimum Gasteiger partial charge on any atom is -0.804 e. The van der Waals surface area contributed by atoms with E-state index < -0.39 is 32.5 Å². The molecule has 0 aliphatic heterocycles. The average Bonchev–Trinajstić information content (AvgIpc) is 2.69. The standard InChI is InChI=1S/C21H36NO9P/c1-5-6-7-12-28-17-10-8-11-18(15-17)29-13-9-14-30-32(26,27)31-19(16-20(23)24)21(25)22(2,3)4/h8,10-11,15,19,21H,5-7,9,12-14,16H2,1-4H3,(H,23,24)(H,26,27)/t19-,21?/m1/s1. The molecule has 0 aromatic heterocycles. The molecule has 10 nitrogen and oxygen atoms in total. The van der Waals surface area contributed by atoms with Crippen molar-refractivity contribution in [3.05, 3.63) is 24.3 Å². The summed E-state index contributed by atoms with van der Waals surface area (Å²) >= 11 is 0. The van der Waals surface area contributed by atoms with Crippen molar-refractivity contribution in [2.45, 2.75) is 51.4 Å². The molecule has 0 fully saturated rings. The number of phosphoric ester groups is 1. The Morgan fingerprint density at radius 1 is 1.09 bits per heavy atom. The minimum absolute atomic E-state index is 0.172. The SMILES string of the molecule is CCCCCOc1cccc(OCCCOP(=O)(O)O[C@H](CC(=O)O)C([O-])[N+](C)(C)C)c1. The maximum absolute atomic E-state index is 12.4. The number of hydrogen-bond acceptors (Lipinski definition) is 7. The summed E-state index contributed by atoms with van der Waals surface area (Å²) in [7, 11) is 0.0141. The number of carbonyl (C=O) groups is 1. The average molecular weight is 477 g/mol. The molecule has 1 aromatic carbocycles. The lowest BCUT2D eigenvalue weighted by Gasteiger charge is -2.42. The molecule has 3 atom stereocenters. The van der Waals surface area contributed by atoms with Crippen LogP contribution in [0.1, 0.15) is 39.0 Å². The first-order valence-electron chi connectivity index (χ1n) is 10.6. The zero-order chi connectivity index (χ0) is 24.2. The summed E-state index contributed by atoms with van der Waals surface area (Å²) in [6, 6.07) is 7.19. The van der Waals surface area contributed by atoms with Crippen LogP contribution in [0.25, 0.3) is 0 Å². The number of unbranched alkanes of at least 4 members (excludes halogenated alkanes) is 2. The number of benzene rings is 1. The zero-order valence-electron chi connectivity index (χ0n) is 19.3. The van der Waals surface area contributed by atoms with E-state index in [0.29, 0.717) is 18.1 Å². The van der Waals surface area contributed by atoms with Crippen LogP contribution in [0.4, 0.5) is 0 Å². The molecule has 0 saturated carbocycles. The monoisotopic (exact) mass is 477 g/mol. The van der Waals surface area contributed by atoms with E-state index >= 15 is 0 Å². The molecule has 0 spiro atoms. The maximum atomic E-state index is 12.4. The molecule has 2 N–H and O–H groups in total. The highest BCUT2D eigenvalue weighted by atomic mass is 31.2. The van der Waals surface area contributed by atoms with Gasteiger partial charge in [-0.05, 0) is 18.6 Å². The molecular weight excluding hydrogens is 441 g/mol. The summed E-state index contributed by atoms with van der Waals surface area (Å²) < 4.78 is 33.0. The topological polar surface area (TPSA) is 135 Å². The molecule has 0 aliphatic carbocycles. The fraction of sp³-hybridized carbons (Fsp3) is 0.667. The Bertz CT molecular complexity index is 738. The number of hydrogen-bond donors (Lipinski definition) is 2. The van der Waals surface area contributed by atoms with E-state index in [0.717, 1.165) is 19.3 Å². The number of carboxylic acid groups (broad SMARTS) is 1. The molecule has 184 valence electrons. The molecule has 32 heavy (non-hydrogen) atoms. The predicted octanol–water partition coefficient (Wildman–Crippen LogP) is 2.39. The fourth-order valence-corrected chi connectivity index (χ4v) is 3.63. The molecule has 0 bridgehead atoms. The van der Waals surface area contributed by atoms with Gasteiger partial charge in [0.2, 0.25) is 0 Å². The first-order chi connectivity index (χ1) is 14.9. The third kappa shape index (κ3) is 11.8. The van der Waals surface area contributed by atoms with Crippen LogP contribution in [-0.4, -0.2) is 73.7 Å². The minimum atomic E-state index is -4.62. The van der Waals surface area contributed by atoms with E-state index in [-0.39, 0.29) is 24.1 Å². The summed E-state index contributed by atoms with van der Waals surface area (Å²) in [5.41, 5.74) is 0. The lowest BCUT2D eigenvalue weighted by Crippen LogP contribution is -2.60. The molecule has 0 radical (unpaired) electrons. The Hall–Kier alpha value is -1.68. The van der Waals surface area contributed by atoms with Crippen LogP contribution < -0.4 is 14.6 Å². The molecule has 0 heterocycles. The number of aliphatic carboxylic acids is 1. The molecule has 2 unspecified atom stereocenters. The van der Waals surface area contributed by atoms with Crippen LogP contribution in [0.5, 0.6) is 11.5 Å². The van der Waals surface area contributed by atoms with Gasteiger partial charge < -0.3 is 29.1 Å². The normalized spacial score (nSPS) is 15.6. The number of ether oxygens (including phenoxy) is 2. The van der Waals surface area contributed by atoms with E-state index in [1.807, 2.05) is 12.1 Å². The van der Waals surface area contributed by atoms with Gasteiger partial charge in [-0.25, -0.2) is 4.57 Å². The van der Waals surface area contributed by atoms with Crippen molar-refractivity contribution < 1.29 is 47.5 Å². The maximum Gasteiger partial charge on any atom is 0.472 e. The summed E-state index contributed by atoms with van der Waals surface area (Å²) in [6.07, 6.45) is -0.344. The van der Waals surface area contributed by atoms with Gasteiger partial charge in [-0.1, -0.05) is 25.8 Å². The van der Waals surface area contributed by atoms with Gasteiger partial charge in [0.15, 0.2) is 0 Å². The Balaban J connectivity index is 2.45. The molecule has 11 heteroatoms. The Morgan fingerprint density at radius 2 is 1.69 bits per heavy atom. The first-order valence-corrected chi connectivity index (χ1v) is 12.1. The predicted molar refractivity (Wildman–Crippen MR) is 116 cm³/mol. The van der Waals surface area contributed by atoms with Crippen LogP contribution in [-0.2, 0) is 18.4 Å². The van der Waals surface area contributed by atoms with Crippen molar-refractivity contribution in [1.29, 1.82) is 0 Å². The van der Waals surface area contributed by atoms with Gasteiger partial charge >= 0.3 is 13.8 Å². The largest absolute Gasteiger partial charge is 0.804 e. The zero-order valence-corrected chi connectivity index (χ0v) is 20.2. The fourth-order valence-electron chi connectivity index (χ4n) is 2.69. The number of phosphoric acid groups is 1. The van der Waals surface area contributed by atoms with Gasteiger partial charge in [0.25, 0.3) is 0 Å². The summed E-state index contributed by atoms with van der Waals surface area (Å²) in [5, 5.41) is 21.4. The second-order valence-electron chi connectivity index (χ2n) is 8.28. The summed E-state index contributed by atoms with van der Waals surface area (Å²) in [4.78, 5) is 20.9. The first kappa shape index (κ1) is 28.4.